The first-order valence-electron chi connectivity index (χ1n) is 7.96. The standard InChI is InChI=1S/C18H22N2O2S/c1-4-5-15-14-10-13(22-3)7-6-12(14)11-18(15,2)16(21)20-17-19-8-9-23-17/h6-10,15H,4-5,11H2,1-3H3,(H,19,20,21)/t15?,18-/m0/s1. The molecule has 2 atom stereocenters. The Kier molecular flexibility index (Phi) is 4.39. The molecule has 0 fully saturated rings. The van der Waals surface area contributed by atoms with E-state index < -0.39 is 5.41 Å². The molecule has 1 heterocycles. The maximum Gasteiger partial charge on any atom is 0.233 e. The maximum atomic E-state index is 13.0. The monoisotopic (exact) mass is 330 g/mol. The number of aromatic nitrogens is 1. The SMILES string of the molecule is CCCC1c2cc(OC)ccc2C[C@]1(C)C(=O)Nc1nccs1. The smallest absolute Gasteiger partial charge is 0.233 e. The van der Waals surface area contributed by atoms with Crippen LogP contribution in [0.25, 0.3) is 0 Å². The van der Waals surface area contributed by atoms with Crippen LogP contribution in [0.4, 0.5) is 5.13 Å². The molecule has 2 aromatic rings. The molecule has 1 aliphatic rings. The Morgan fingerprint density at radius 1 is 1.52 bits per heavy atom. The highest BCUT2D eigenvalue weighted by atomic mass is 32.1. The van der Waals surface area contributed by atoms with Crippen LogP contribution in [0, 0.1) is 5.41 Å². The Balaban J connectivity index is 1.93. The molecule has 1 unspecified atom stereocenters. The number of hydrogen-bond donors (Lipinski definition) is 1. The van der Waals surface area contributed by atoms with Crippen LogP contribution in [0.3, 0.4) is 0 Å². The molecule has 1 N–H and O–H groups in total. The number of fused-ring (bicyclic) bond motifs is 1. The highest BCUT2D eigenvalue weighted by Crippen LogP contribution is 2.51. The number of amides is 1. The van der Waals surface area contributed by atoms with Crippen LogP contribution >= 0.6 is 11.3 Å². The van der Waals surface area contributed by atoms with E-state index in [1.165, 1.54) is 22.5 Å². The summed E-state index contributed by atoms with van der Waals surface area (Å²) in [6.07, 6.45) is 4.50. The molecule has 122 valence electrons. The number of hydrogen-bond acceptors (Lipinski definition) is 4. The lowest BCUT2D eigenvalue weighted by atomic mass is 9.75. The van der Waals surface area contributed by atoms with Gasteiger partial charge in [0.2, 0.25) is 5.91 Å². The number of ether oxygens (including phenoxy) is 1. The first kappa shape index (κ1) is 16.0. The lowest BCUT2D eigenvalue weighted by Gasteiger charge is -2.30. The summed E-state index contributed by atoms with van der Waals surface area (Å²) in [6, 6.07) is 6.17. The molecule has 1 amide bonds. The minimum absolute atomic E-state index is 0.0565. The first-order valence-corrected chi connectivity index (χ1v) is 8.84. The van der Waals surface area contributed by atoms with Crippen molar-refractivity contribution in [2.45, 2.75) is 39.0 Å². The molecule has 0 aliphatic heterocycles. The fourth-order valence-electron chi connectivity index (χ4n) is 3.57. The van der Waals surface area contributed by atoms with Gasteiger partial charge >= 0.3 is 0 Å². The number of benzene rings is 1. The van der Waals surface area contributed by atoms with Crippen LogP contribution in [0.2, 0.25) is 0 Å². The molecule has 0 saturated carbocycles. The van der Waals surface area contributed by atoms with Gasteiger partial charge in [-0.15, -0.1) is 11.3 Å². The first-order chi connectivity index (χ1) is 11.1. The largest absolute Gasteiger partial charge is 0.497 e. The summed E-state index contributed by atoms with van der Waals surface area (Å²) in [7, 11) is 1.68. The van der Waals surface area contributed by atoms with Gasteiger partial charge in [-0.2, -0.15) is 0 Å². The minimum Gasteiger partial charge on any atom is -0.497 e. The van der Waals surface area contributed by atoms with E-state index in [-0.39, 0.29) is 11.8 Å². The molecule has 0 saturated heterocycles. The van der Waals surface area contributed by atoms with Crippen molar-refractivity contribution in [2.75, 3.05) is 12.4 Å². The number of carbonyl (C=O) groups is 1. The highest BCUT2D eigenvalue weighted by molar-refractivity contribution is 7.13. The Hall–Kier alpha value is -1.88. The van der Waals surface area contributed by atoms with Gasteiger partial charge in [0.15, 0.2) is 5.13 Å². The number of nitrogens with one attached hydrogen (secondary N) is 1. The second kappa shape index (κ2) is 6.32. The van der Waals surface area contributed by atoms with Crippen molar-refractivity contribution in [2.24, 2.45) is 5.41 Å². The lowest BCUT2D eigenvalue weighted by Crippen LogP contribution is -2.37. The topological polar surface area (TPSA) is 51.2 Å². The van der Waals surface area contributed by atoms with E-state index in [9.17, 15) is 4.79 Å². The summed E-state index contributed by atoms with van der Waals surface area (Å²) >= 11 is 1.45. The van der Waals surface area contributed by atoms with Gasteiger partial charge in [-0.25, -0.2) is 4.98 Å². The van der Waals surface area contributed by atoms with Crippen molar-refractivity contribution in [3.63, 3.8) is 0 Å². The molecular weight excluding hydrogens is 308 g/mol. The quantitative estimate of drug-likeness (QED) is 0.892. The maximum absolute atomic E-state index is 13.0. The zero-order chi connectivity index (χ0) is 16.4. The molecule has 0 radical (unpaired) electrons. The van der Waals surface area contributed by atoms with Gasteiger partial charge in [-0.1, -0.05) is 19.4 Å². The summed E-state index contributed by atoms with van der Waals surface area (Å²) in [5.41, 5.74) is 2.06. The summed E-state index contributed by atoms with van der Waals surface area (Å²) in [5, 5.41) is 5.53. The third kappa shape index (κ3) is 2.85. The van der Waals surface area contributed by atoms with E-state index in [1.807, 2.05) is 11.4 Å². The molecular formula is C18H22N2O2S. The minimum atomic E-state index is -0.448. The van der Waals surface area contributed by atoms with Crippen molar-refractivity contribution in [1.82, 2.24) is 4.98 Å². The molecule has 1 aromatic heterocycles. The van der Waals surface area contributed by atoms with Crippen molar-refractivity contribution < 1.29 is 9.53 Å². The predicted molar refractivity (Wildman–Crippen MR) is 93.2 cm³/mol. The predicted octanol–water partition coefficient (Wildman–Crippen LogP) is 4.24. The van der Waals surface area contributed by atoms with Crippen molar-refractivity contribution in [1.29, 1.82) is 0 Å². The van der Waals surface area contributed by atoms with Crippen molar-refractivity contribution in [3.8, 4) is 5.75 Å². The third-order valence-corrected chi connectivity index (χ3v) is 5.49. The Morgan fingerprint density at radius 2 is 2.35 bits per heavy atom. The second-order valence-corrected chi connectivity index (χ2v) is 7.19. The molecule has 0 spiro atoms. The summed E-state index contributed by atoms with van der Waals surface area (Å²) in [6.45, 7) is 4.24. The number of thiazole rings is 1. The fraction of sp³-hybridized carbons (Fsp3) is 0.444. The lowest BCUT2D eigenvalue weighted by molar-refractivity contribution is -0.125. The number of nitrogens with zero attached hydrogens (tertiary/aromatic N) is 1. The van der Waals surface area contributed by atoms with E-state index in [0.717, 1.165) is 25.0 Å². The molecule has 23 heavy (non-hydrogen) atoms. The zero-order valence-electron chi connectivity index (χ0n) is 13.8. The van der Waals surface area contributed by atoms with Crippen LogP contribution < -0.4 is 10.1 Å². The van der Waals surface area contributed by atoms with E-state index in [2.05, 4.69) is 36.3 Å². The molecule has 3 rings (SSSR count). The van der Waals surface area contributed by atoms with Gasteiger partial charge in [-0.05, 0) is 48.9 Å². The van der Waals surface area contributed by atoms with E-state index >= 15 is 0 Å². The molecule has 1 aromatic carbocycles. The van der Waals surface area contributed by atoms with Gasteiger partial charge in [-0.3, -0.25) is 4.79 Å². The van der Waals surface area contributed by atoms with Gasteiger partial charge in [0, 0.05) is 11.6 Å². The Bertz CT molecular complexity index is 699. The Morgan fingerprint density at radius 3 is 3.00 bits per heavy atom. The Labute approximate surface area is 140 Å². The molecule has 4 nitrogen and oxygen atoms in total. The molecule has 5 heteroatoms. The van der Waals surface area contributed by atoms with Gasteiger partial charge < -0.3 is 10.1 Å². The fourth-order valence-corrected chi connectivity index (χ4v) is 4.10. The summed E-state index contributed by atoms with van der Waals surface area (Å²) < 4.78 is 5.37. The van der Waals surface area contributed by atoms with Crippen LogP contribution in [0.15, 0.2) is 29.8 Å². The highest BCUT2D eigenvalue weighted by Gasteiger charge is 2.47. The van der Waals surface area contributed by atoms with E-state index in [0.29, 0.717) is 5.13 Å². The zero-order valence-corrected chi connectivity index (χ0v) is 14.6. The van der Waals surface area contributed by atoms with Crippen molar-refractivity contribution >= 4 is 22.4 Å². The number of rotatable bonds is 5. The van der Waals surface area contributed by atoms with E-state index in [4.69, 9.17) is 4.74 Å². The normalized spacial score (nSPS) is 22.7. The number of methoxy groups -OCH3 is 1. The van der Waals surface area contributed by atoms with Gasteiger partial charge in [0.25, 0.3) is 0 Å². The average molecular weight is 330 g/mol. The summed E-state index contributed by atoms with van der Waals surface area (Å²) in [5.74, 6) is 1.12. The third-order valence-electron chi connectivity index (χ3n) is 4.80. The van der Waals surface area contributed by atoms with Crippen LogP contribution in [-0.2, 0) is 11.2 Å². The van der Waals surface area contributed by atoms with Gasteiger partial charge in [0.1, 0.15) is 5.75 Å². The number of carbonyl (C=O) groups excluding carboxylic acids is 1. The second-order valence-electron chi connectivity index (χ2n) is 6.29. The molecule has 1 aliphatic carbocycles. The van der Waals surface area contributed by atoms with Crippen LogP contribution in [0.1, 0.15) is 43.7 Å². The van der Waals surface area contributed by atoms with Crippen molar-refractivity contribution in [3.05, 3.63) is 40.9 Å². The average Bonchev–Trinajstić information content (AvgIpc) is 3.15. The summed E-state index contributed by atoms with van der Waals surface area (Å²) in [4.78, 5) is 17.1. The molecule has 0 bridgehead atoms. The number of anilines is 1. The van der Waals surface area contributed by atoms with Crippen LogP contribution in [0.5, 0.6) is 5.75 Å². The van der Waals surface area contributed by atoms with Crippen LogP contribution in [-0.4, -0.2) is 18.0 Å². The van der Waals surface area contributed by atoms with E-state index in [1.54, 1.807) is 13.3 Å². The van der Waals surface area contributed by atoms with Gasteiger partial charge in [0.05, 0.1) is 12.5 Å².